The van der Waals surface area contributed by atoms with Crippen molar-refractivity contribution < 1.29 is 0 Å². The molecule has 0 bridgehead atoms. The van der Waals surface area contributed by atoms with Crippen LogP contribution in [0.1, 0.15) is 23.9 Å². The lowest BCUT2D eigenvalue weighted by atomic mass is 10.1. The normalized spacial score (nSPS) is 11.3. The van der Waals surface area contributed by atoms with Crippen LogP contribution in [0, 0.1) is 0 Å². The standard InChI is InChI=1S/C14H17N5/c1-2-19-14(13(8-15)17-18-19)7-10-9-16-12-6-4-3-5-11(10)12/h3-6,9,16H,2,7-8,15H2,1H3. The van der Waals surface area contributed by atoms with Crippen LogP contribution in [0.15, 0.2) is 30.5 Å². The average molecular weight is 255 g/mol. The molecule has 0 fully saturated rings. The smallest absolute Gasteiger partial charge is 0.0998 e. The van der Waals surface area contributed by atoms with E-state index in [1.54, 1.807) is 0 Å². The first-order chi connectivity index (χ1) is 9.33. The first-order valence-electron chi connectivity index (χ1n) is 6.49. The van der Waals surface area contributed by atoms with E-state index in [4.69, 9.17) is 5.73 Å². The van der Waals surface area contributed by atoms with Gasteiger partial charge in [-0.3, -0.25) is 0 Å². The molecule has 98 valence electrons. The first kappa shape index (κ1) is 11.9. The van der Waals surface area contributed by atoms with Crippen molar-refractivity contribution in [3.8, 4) is 0 Å². The summed E-state index contributed by atoms with van der Waals surface area (Å²) in [5.74, 6) is 0. The predicted octanol–water partition coefficient (Wildman–Crippen LogP) is 1.83. The number of aromatic nitrogens is 4. The van der Waals surface area contributed by atoms with Crippen LogP contribution in [0.2, 0.25) is 0 Å². The Hall–Kier alpha value is -2.14. The molecule has 0 aliphatic heterocycles. The quantitative estimate of drug-likeness (QED) is 0.747. The van der Waals surface area contributed by atoms with E-state index in [-0.39, 0.29) is 0 Å². The highest BCUT2D eigenvalue weighted by Gasteiger charge is 2.13. The lowest BCUT2D eigenvalue weighted by molar-refractivity contribution is 0.604. The minimum Gasteiger partial charge on any atom is -0.361 e. The number of benzene rings is 1. The molecule has 0 atom stereocenters. The second-order valence-corrected chi connectivity index (χ2v) is 4.54. The fourth-order valence-corrected chi connectivity index (χ4v) is 2.43. The van der Waals surface area contributed by atoms with Crippen molar-refractivity contribution in [2.45, 2.75) is 26.4 Å². The van der Waals surface area contributed by atoms with Gasteiger partial charge in [0.05, 0.1) is 11.4 Å². The largest absolute Gasteiger partial charge is 0.361 e. The Morgan fingerprint density at radius 3 is 2.95 bits per heavy atom. The predicted molar refractivity (Wildman–Crippen MR) is 74.7 cm³/mol. The molecule has 3 rings (SSSR count). The fourth-order valence-electron chi connectivity index (χ4n) is 2.43. The number of aromatic amines is 1. The van der Waals surface area contributed by atoms with E-state index < -0.39 is 0 Å². The molecule has 0 radical (unpaired) electrons. The molecule has 0 saturated heterocycles. The summed E-state index contributed by atoms with van der Waals surface area (Å²) in [5.41, 5.74) is 10.1. The zero-order valence-electron chi connectivity index (χ0n) is 10.9. The molecule has 0 saturated carbocycles. The number of hydrogen-bond acceptors (Lipinski definition) is 3. The highest BCUT2D eigenvalue weighted by molar-refractivity contribution is 5.83. The molecule has 0 unspecified atom stereocenters. The molecule has 2 aromatic heterocycles. The number of rotatable bonds is 4. The van der Waals surface area contributed by atoms with Crippen LogP contribution in [0.4, 0.5) is 0 Å². The highest BCUT2D eigenvalue weighted by Crippen LogP contribution is 2.21. The zero-order valence-corrected chi connectivity index (χ0v) is 10.9. The van der Waals surface area contributed by atoms with Crippen molar-refractivity contribution in [3.05, 3.63) is 47.4 Å². The summed E-state index contributed by atoms with van der Waals surface area (Å²) in [6, 6.07) is 8.30. The summed E-state index contributed by atoms with van der Waals surface area (Å²) < 4.78 is 1.92. The van der Waals surface area contributed by atoms with Crippen molar-refractivity contribution in [1.29, 1.82) is 0 Å². The Labute approximate surface area is 111 Å². The second-order valence-electron chi connectivity index (χ2n) is 4.54. The molecule has 0 aliphatic carbocycles. The van der Waals surface area contributed by atoms with Crippen LogP contribution in [-0.4, -0.2) is 20.0 Å². The highest BCUT2D eigenvalue weighted by atomic mass is 15.4. The van der Waals surface area contributed by atoms with Gasteiger partial charge >= 0.3 is 0 Å². The Kier molecular flexibility index (Phi) is 3.05. The van der Waals surface area contributed by atoms with Crippen molar-refractivity contribution in [1.82, 2.24) is 20.0 Å². The van der Waals surface area contributed by atoms with Gasteiger partial charge < -0.3 is 10.7 Å². The monoisotopic (exact) mass is 255 g/mol. The second kappa shape index (κ2) is 4.85. The fraction of sp³-hybridized carbons (Fsp3) is 0.286. The van der Waals surface area contributed by atoms with Gasteiger partial charge in [0.25, 0.3) is 0 Å². The molecule has 3 aromatic rings. The Morgan fingerprint density at radius 2 is 2.16 bits per heavy atom. The Bertz CT molecular complexity index is 673. The zero-order chi connectivity index (χ0) is 13.2. The number of fused-ring (bicyclic) bond motifs is 1. The number of hydrogen-bond donors (Lipinski definition) is 2. The van der Waals surface area contributed by atoms with E-state index in [1.165, 1.54) is 10.9 Å². The maximum Gasteiger partial charge on any atom is 0.0998 e. The van der Waals surface area contributed by atoms with Crippen molar-refractivity contribution in [2.75, 3.05) is 0 Å². The number of nitrogens with two attached hydrogens (primary N) is 1. The molecule has 0 aliphatic rings. The van der Waals surface area contributed by atoms with Crippen LogP contribution in [0.5, 0.6) is 0 Å². The molecule has 3 N–H and O–H groups in total. The minimum atomic E-state index is 0.428. The van der Waals surface area contributed by atoms with Gasteiger partial charge in [-0.15, -0.1) is 5.10 Å². The third-order valence-electron chi connectivity index (χ3n) is 3.44. The maximum atomic E-state index is 5.74. The summed E-state index contributed by atoms with van der Waals surface area (Å²) in [6.45, 7) is 3.30. The van der Waals surface area contributed by atoms with E-state index >= 15 is 0 Å². The molecular weight excluding hydrogens is 238 g/mol. The van der Waals surface area contributed by atoms with Gasteiger partial charge in [0.15, 0.2) is 0 Å². The van der Waals surface area contributed by atoms with Gasteiger partial charge in [0.2, 0.25) is 0 Å². The number of H-pyrrole nitrogens is 1. The molecule has 5 nitrogen and oxygen atoms in total. The van der Waals surface area contributed by atoms with Crippen LogP contribution >= 0.6 is 0 Å². The molecular formula is C14H17N5. The van der Waals surface area contributed by atoms with Gasteiger partial charge in [-0.2, -0.15) is 0 Å². The summed E-state index contributed by atoms with van der Waals surface area (Å²) in [4.78, 5) is 3.29. The topological polar surface area (TPSA) is 72.5 Å². The maximum absolute atomic E-state index is 5.74. The number of para-hydroxylation sites is 1. The summed E-state index contributed by atoms with van der Waals surface area (Å²) >= 11 is 0. The third-order valence-corrected chi connectivity index (χ3v) is 3.44. The van der Waals surface area contributed by atoms with Crippen molar-refractivity contribution in [2.24, 2.45) is 5.73 Å². The number of nitrogens with zero attached hydrogens (tertiary/aromatic N) is 3. The van der Waals surface area contributed by atoms with Crippen LogP contribution in [-0.2, 0) is 19.5 Å². The van der Waals surface area contributed by atoms with E-state index in [9.17, 15) is 0 Å². The summed E-state index contributed by atoms with van der Waals surface area (Å²) in [5, 5.41) is 9.53. The number of nitrogens with one attached hydrogen (secondary N) is 1. The Morgan fingerprint density at radius 1 is 1.32 bits per heavy atom. The van der Waals surface area contributed by atoms with Gasteiger partial charge in [0.1, 0.15) is 0 Å². The SMILES string of the molecule is CCn1nnc(CN)c1Cc1c[nH]c2ccccc12. The molecule has 5 heteroatoms. The molecule has 19 heavy (non-hydrogen) atoms. The van der Waals surface area contributed by atoms with Crippen molar-refractivity contribution in [3.63, 3.8) is 0 Å². The van der Waals surface area contributed by atoms with E-state index in [2.05, 4.69) is 46.6 Å². The van der Waals surface area contributed by atoms with Crippen LogP contribution < -0.4 is 5.73 Å². The molecule has 0 amide bonds. The Balaban J connectivity index is 2.03. The van der Waals surface area contributed by atoms with Crippen molar-refractivity contribution >= 4 is 10.9 Å². The average Bonchev–Trinajstić information content (AvgIpc) is 3.03. The van der Waals surface area contributed by atoms with Gasteiger partial charge in [-0.25, -0.2) is 4.68 Å². The summed E-state index contributed by atoms with van der Waals surface area (Å²) in [6.07, 6.45) is 2.86. The van der Waals surface area contributed by atoms with Gasteiger partial charge in [0, 0.05) is 36.6 Å². The third kappa shape index (κ3) is 2.02. The van der Waals surface area contributed by atoms with Gasteiger partial charge in [-0.1, -0.05) is 23.4 Å². The lowest BCUT2D eigenvalue weighted by Gasteiger charge is -2.04. The van der Waals surface area contributed by atoms with Crippen LogP contribution in [0.3, 0.4) is 0 Å². The van der Waals surface area contributed by atoms with Gasteiger partial charge in [-0.05, 0) is 18.6 Å². The lowest BCUT2D eigenvalue weighted by Crippen LogP contribution is -2.07. The van der Waals surface area contributed by atoms with Crippen LogP contribution in [0.25, 0.3) is 10.9 Å². The summed E-state index contributed by atoms with van der Waals surface area (Å²) in [7, 11) is 0. The minimum absolute atomic E-state index is 0.428. The molecule has 0 spiro atoms. The molecule has 2 heterocycles. The van der Waals surface area contributed by atoms with E-state index in [0.717, 1.165) is 29.9 Å². The van der Waals surface area contributed by atoms with E-state index in [1.807, 2.05) is 10.7 Å². The van der Waals surface area contributed by atoms with E-state index in [0.29, 0.717) is 6.54 Å². The first-order valence-corrected chi connectivity index (χ1v) is 6.49. The molecule has 1 aromatic carbocycles. The number of aryl methyl sites for hydroxylation is 1.